The number of ether oxygens (including phenoxy) is 1. The van der Waals surface area contributed by atoms with Crippen LogP contribution in [0.2, 0.25) is 0 Å². The Labute approximate surface area is 159 Å². The number of para-hydroxylation sites is 1. The van der Waals surface area contributed by atoms with Crippen LogP contribution in [-0.2, 0) is 4.79 Å². The molecule has 0 aliphatic heterocycles. The molecule has 0 aliphatic rings. The van der Waals surface area contributed by atoms with Crippen molar-refractivity contribution in [3.05, 3.63) is 64.2 Å². The number of hydrogen-bond donors (Lipinski definition) is 1. The minimum atomic E-state index is -0.460. The number of anilines is 1. The Balaban J connectivity index is 1.71. The fraction of sp³-hybridized carbons (Fsp3) is 0.158. The predicted molar refractivity (Wildman–Crippen MR) is 106 cm³/mol. The number of thiazole rings is 1. The van der Waals surface area contributed by atoms with Crippen LogP contribution < -0.4 is 10.1 Å². The average molecular weight is 383 g/mol. The molecule has 0 spiro atoms. The van der Waals surface area contributed by atoms with Crippen molar-refractivity contribution in [3.8, 4) is 5.75 Å². The third-order valence-electron chi connectivity index (χ3n) is 3.61. The van der Waals surface area contributed by atoms with E-state index in [1.807, 2.05) is 31.2 Å². The van der Waals surface area contributed by atoms with Gasteiger partial charge in [0.05, 0.1) is 21.7 Å². The van der Waals surface area contributed by atoms with Crippen molar-refractivity contribution < 1.29 is 14.5 Å². The zero-order valence-electron chi connectivity index (χ0n) is 14.5. The van der Waals surface area contributed by atoms with Crippen LogP contribution >= 0.6 is 11.3 Å². The van der Waals surface area contributed by atoms with Crippen molar-refractivity contribution in [2.24, 2.45) is 0 Å². The zero-order valence-corrected chi connectivity index (χ0v) is 15.4. The van der Waals surface area contributed by atoms with E-state index in [9.17, 15) is 14.9 Å². The monoisotopic (exact) mass is 383 g/mol. The molecule has 1 aromatic heterocycles. The van der Waals surface area contributed by atoms with Crippen LogP contribution in [0.25, 0.3) is 16.3 Å². The summed E-state index contributed by atoms with van der Waals surface area (Å²) in [7, 11) is 0. The van der Waals surface area contributed by atoms with Crippen molar-refractivity contribution in [1.82, 2.24) is 4.98 Å². The first-order valence-corrected chi connectivity index (χ1v) is 9.14. The van der Waals surface area contributed by atoms with Gasteiger partial charge in [-0.25, -0.2) is 4.98 Å². The number of non-ortho nitro benzene ring substituents is 1. The third kappa shape index (κ3) is 4.68. The highest BCUT2D eigenvalue weighted by Gasteiger charge is 2.11. The van der Waals surface area contributed by atoms with Gasteiger partial charge in [-0.1, -0.05) is 36.5 Å². The van der Waals surface area contributed by atoms with Crippen molar-refractivity contribution >= 4 is 44.4 Å². The van der Waals surface area contributed by atoms with E-state index < -0.39 is 4.92 Å². The number of rotatable bonds is 7. The van der Waals surface area contributed by atoms with Crippen LogP contribution in [-0.4, -0.2) is 22.4 Å². The smallest absolute Gasteiger partial charge is 0.270 e. The van der Waals surface area contributed by atoms with Gasteiger partial charge in [0.1, 0.15) is 5.75 Å². The predicted octanol–water partition coefficient (Wildman–Crippen LogP) is 4.65. The molecule has 0 unspecified atom stereocenters. The molecule has 3 aromatic rings. The lowest BCUT2D eigenvalue weighted by atomic mass is 10.2. The Morgan fingerprint density at radius 3 is 2.93 bits per heavy atom. The van der Waals surface area contributed by atoms with Crippen LogP contribution in [0.15, 0.2) is 48.5 Å². The van der Waals surface area contributed by atoms with E-state index in [1.54, 1.807) is 12.1 Å². The summed E-state index contributed by atoms with van der Waals surface area (Å²) in [6.45, 7) is 2.63. The lowest BCUT2D eigenvalue weighted by Crippen LogP contribution is -2.07. The van der Waals surface area contributed by atoms with Crippen LogP contribution in [0.5, 0.6) is 5.75 Å². The largest absolute Gasteiger partial charge is 0.493 e. The molecule has 27 heavy (non-hydrogen) atoms. The van der Waals surface area contributed by atoms with Gasteiger partial charge in [0.15, 0.2) is 5.13 Å². The van der Waals surface area contributed by atoms with Crippen LogP contribution in [0.3, 0.4) is 0 Å². The highest BCUT2D eigenvalue weighted by molar-refractivity contribution is 7.22. The van der Waals surface area contributed by atoms with Crippen LogP contribution in [0, 0.1) is 10.1 Å². The molecule has 138 valence electrons. The van der Waals surface area contributed by atoms with E-state index in [0.29, 0.717) is 22.0 Å². The quantitative estimate of drug-likeness (QED) is 0.364. The van der Waals surface area contributed by atoms with Gasteiger partial charge in [-0.3, -0.25) is 20.2 Å². The first-order valence-electron chi connectivity index (χ1n) is 8.32. The third-order valence-corrected chi connectivity index (χ3v) is 4.54. The first kappa shape index (κ1) is 18.5. The number of nitrogens with one attached hydrogen (secondary N) is 1. The summed E-state index contributed by atoms with van der Waals surface area (Å²) in [4.78, 5) is 26.8. The molecule has 0 aliphatic carbocycles. The highest BCUT2D eigenvalue weighted by Crippen LogP contribution is 2.29. The van der Waals surface area contributed by atoms with E-state index in [-0.39, 0.29) is 11.6 Å². The number of benzene rings is 2. The molecule has 8 heteroatoms. The molecule has 2 aromatic carbocycles. The van der Waals surface area contributed by atoms with E-state index in [2.05, 4.69) is 10.3 Å². The van der Waals surface area contributed by atoms with Gasteiger partial charge < -0.3 is 4.74 Å². The van der Waals surface area contributed by atoms with Crippen molar-refractivity contribution in [3.63, 3.8) is 0 Å². The maximum Gasteiger partial charge on any atom is 0.270 e. The van der Waals surface area contributed by atoms with Gasteiger partial charge in [-0.05, 0) is 24.6 Å². The fourth-order valence-electron chi connectivity index (χ4n) is 2.35. The second-order valence-electron chi connectivity index (χ2n) is 5.64. The molecule has 0 saturated heterocycles. The number of hydrogen-bond acceptors (Lipinski definition) is 6. The standard InChI is InChI=1S/C19H17N3O4S/c1-2-11-26-16-6-4-3-5-13(16)7-10-18(23)21-19-20-15-9-8-14(22(24)25)12-17(15)27-19/h3-10,12H,2,11H2,1H3,(H,20,21,23)/b10-7+. The molecule has 0 bridgehead atoms. The van der Waals surface area contributed by atoms with Crippen LogP contribution in [0.1, 0.15) is 18.9 Å². The van der Waals surface area contributed by atoms with Gasteiger partial charge in [-0.2, -0.15) is 0 Å². The summed E-state index contributed by atoms with van der Waals surface area (Å²) in [5.41, 5.74) is 1.40. The average Bonchev–Trinajstić information content (AvgIpc) is 3.06. The Morgan fingerprint density at radius 2 is 2.15 bits per heavy atom. The number of amides is 1. The Hall–Kier alpha value is -3.26. The summed E-state index contributed by atoms with van der Waals surface area (Å²) in [5.74, 6) is 0.379. The van der Waals surface area contributed by atoms with Crippen molar-refractivity contribution in [2.75, 3.05) is 11.9 Å². The number of nitro benzene ring substituents is 1. The molecule has 0 saturated carbocycles. The summed E-state index contributed by atoms with van der Waals surface area (Å²) in [6.07, 6.45) is 3.98. The second kappa shape index (κ2) is 8.41. The SMILES string of the molecule is CCCOc1ccccc1/C=C/C(=O)Nc1nc2ccc([N+](=O)[O-])cc2s1. The lowest BCUT2D eigenvalue weighted by molar-refractivity contribution is -0.384. The minimum absolute atomic E-state index is 0.00684. The maximum atomic E-state index is 12.2. The number of aromatic nitrogens is 1. The fourth-order valence-corrected chi connectivity index (χ4v) is 3.26. The van der Waals surface area contributed by atoms with Crippen molar-refractivity contribution in [2.45, 2.75) is 13.3 Å². The molecule has 0 fully saturated rings. The summed E-state index contributed by atoms with van der Waals surface area (Å²) >= 11 is 1.19. The number of carbonyl (C=O) groups is 1. The molecule has 1 amide bonds. The molecular weight excluding hydrogens is 366 g/mol. The van der Waals surface area contributed by atoms with E-state index >= 15 is 0 Å². The second-order valence-corrected chi connectivity index (χ2v) is 6.67. The molecule has 1 heterocycles. The molecule has 0 atom stereocenters. The zero-order chi connectivity index (χ0) is 19.2. The number of nitrogens with zero attached hydrogens (tertiary/aromatic N) is 2. The molecular formula is C19H17N3O4S. The van der Waals surface area contributed by atoms with E-state index in [4.69, 9.17) is 4.74 Å². The maximum absolute atomic E-state index is 12.2. The van der Waals surface area contributed by atoms with Crippen molar-refractivity contribution in [1.29, 1.82) is 0 Å². The topological polar surface area (TPSA) is 94.4 Å². The lowest BCUT2D eigenvalue weighted by Gasteiger charge is -2.07. The Morgan fingerprint density at radius 1 is 1.33 bits per heavy atom. The van der Waals surface area contributed by atoms with E-state index in [0.717, 1.165) is 17.7 Å². The van der Waals surface area contributed by atoms with Gasteiger partial charge >= 0.3 is 0 Å². The molecule has 3 rings (SSSR count). The van der Waals surface area contributed by atoms with E-state index in [1.165, 1.54) is 29.5 Å². The van der Waals surface area contributed by atoms with Gasteiger partial charge in [-0.15, -0.1) is 0 Å². The minimum Gasteiger partial charge on any atom is -0.493 e. The van der Waals surface area contributed by atoms with Gasteiger partial charge in [0.2, 0.25) is 5.91 Å². The summed E-state index contributed by atoms with van der Waals surface area (Å²) in [5, 5.41) is 13.9. The molecule has 0 radical (unpaired) electrons. The Bertz CT molecular complexity index is 1010. The summed E-state index contributed by atoms with van der Waals surface area (Å²) in [6, 6.07) is 11.9. The first-order chi connectivity index (χ1) is 13.1. The number of fused-ring (bicyclic) bond motifs is 1. The molecule has 7 nitrogen and oxygen atoms in total. The van der Waals surface area contributed by atoms with Crippen LogP contribution in [0.4, 0.5) is 10.8 Å². The highest BCUT2D eigenvalue weighted by atomic mass is 32.1. The number of carbonyl (C=O) groups excluding carboxylic acids is 1. The summed E-state index contributed by atoms with van der Waals surface area (Å²) < 4.78 is 6.30. The molecule has 1 N–H and O–H groups in total. The normalized spacial score (nSPS) is 11.0. The Kier molecular flexibility index (Phi) is 5.77. The van der Waals surface area contributed by atoms with Gasteiger partial charge in [0.25, 0.3) is 5.69 Å². The van der Waals surface area contributed by atoms with Gasteiger partial charge in [0, 0.05) is 23.8 Å². The number of nitro groups is 1.